The number of hydrogen-bond donors (Lipinski definition) is 1. The highest BCUT2D eigenvalue weighted by Crippen LogP contribution is 2.28. The van der Waals surface area contributed by atoms with E-state index in [0.717, 1.165) is 25.3 Å². The minimum absolute atomic E-state index is 0.809. The second-order valence-electron chi connectivity index (χ2n) is 5.55. The fourth-order valence-corrected chi connectivity index (χ4v) is 3.21. The average Bonchev–Trinajstić information content (AvgIpc) is 2.87. The van der Waals surface area contributed by atoms with Crippen molar-refractivity contribution in [2.24, 2.45) is 5.92 Å². The first-order chi connectivity index (χ1) is 8.84. The molecule has 0 bridgehead atoms. The van der Waals surface area contributed by atoms with Crippen LogP contribution in [0.4, 0.5) is 5.82 Å². The summed E-state index contributed by atoms with van der Waals surface area (Å²) in [5, 5.41) is 3.43. The fraction of sp³-hybridized carbons (Fsp3) is 0.714. The van der Waals surface area contributed by atoms with Crippen LogP contribution >= 0.6 is 0 Å². The van der Waals surface area contributed by atoms with Crippen molar-refractivity contribution in [3.8, 4) is 0 Å². The molecule has 1 fully saturated rings. The van der Waals surface area contributed by atoms with Gasteiger partial charge in [0, 0.05) is 24.8 Å². The Morgan fingerprint density at radius 2 is 2.11 bits per heavy atom. The Labute approximate surface area is 109 Å². The maximum absolute atomic E-state index is 4.51. The number of nitrogens with zero attached hydrogens (tertiary/aromatic N) is 3. The van der Waals surface area contributed by atoms with Gasteiger partial charge in [0.05, 0.1) is 0 Å². The molecular formula is C14H22N4. The number of rotatable bonds is 3. The standard InChI is InChI=1S/C14H22N4/c1-18(9-11-5-7-15-8-6-11)14-12-3-2-4-13(12)16-10-17-14/h10-11,15H,2-9H2,1H3. The molecule has 4 nitrogen and oxygen atoms in total. The van der Waals surface area contributed by atoms with Crippen molar-refractivity contribution in [1.82, 2.24) is 15.3 Å². The van der Waals surface area contributed by atoms with E-state index in [1.165, 1.54) is 49.4 Å². The van der Waals surface area contributed by atoms with Crippen molar-refractivity contribution >= 4 is 5.82 Å². The minimum atomic E-state index is 0.809. The highest BCUT2D eigenvalue weighted by atomic mass is 15.2. The van der Waals surface area contributed by atoms with E-state index in [9.17, 15) is 0 Å². The van der Waals surface area contributed by atoms with Gasteiger partial charge in [-0.2, -0.15) is 0 Å². The lowest BCUT2D eigenvalue weighted by Crippen LogP contribution is -2.35. The van der Waals surface area contributed by atoms with Crippen LogP contribution in [0.25, 0.3) is 0 Å². The summed E-state index contributed by atoms with van der Waals surface area (Å²) in [6.45, 7) is 3.46. The van der Waals surface area contributed by atoms with Gasteiger partial charge in [-0.3, -0.25) is 0 Å². The Bertz CT molecular complexity index is 412. The maximum atomic E-state index is 4.51. The molecule has 1 aliphatic heterocycles. The Balaban J connectivity index is 1.72. The van der Waals surface area contributed by atoms with Gasteiger partial charge in [0.25, 0.3) is 0 Å². The Morgan fingerprint density at radius 1 is 1.28 bits per heavy atom. The van der Waals surface area contributed by atoms with Crippen molar-refractivity contribution in [2.75, 3.05) is 31.6 Å². The smallest absolute Gasteiger partial charge is 0.135 e. The van der Waals surface area contributed by atoms with Gasteiger partial charge in [-0.25, -0.2) is 9.97 Å². The van der Waals surface area contributed by atoms with Gasteiger partial charge in [-0.05, 0) is 51.1 Å². The highest BCUT2D eigenvalue weighted by molar-refractivity contribution is 5.49. The van der Waals surface area contributed by atoms with Crippen LogP contribution in [0.3, 0.4) is 0 Å². The number of piperidine rings is 1. The quantitative estimate of drug-likeness (QED) is 0.875. The van der Waals surface area contributed by atoms with E-state index in [1.807, 2.05) is 0 Å². The topological polar surface area (TPSA) is 41.0 Å². The summed E-state index contributed by atoms with van der Waals surface area (Å²) in [5.74, 6) is 1.99. The van der Waals surface area contributed by atoms with Crippen LogP contribution in [0, 0.1) is 5.92 Å². The molecule has 0 spiro atoms. The summed E-state index contributed by atoms with van der Waals surface area (Å²) in [6, 6.07) is 0. The monoisotopic (exact) mass is 246 g/mol. The van der Waals surface area contributed by atoms with Crippen molar-refractivity contribution in [1.29, 1.82) is 0 Å². The van der Waals surface area contributed by atoms with Gasteiger partial charge in [-0.15, -0.1) is 0 Å². The number of hydrogen-bond acceptors (Lipinski definition) is 4. The van der Waals surface area contributed by atoms with Gasteiger partial charge in [0.2, 0.25) is 0 Å². The van der Waals surface area contributed by atoms with Gasteiger partial charge < -0.3 is 10.2 Å². The molecule has 2 heterocycles. The third-order valence-corrected chi connectivity index (χ3v) is 4.20. The highest BCUT2D eigenvalue weighted by Gasteiger charge is 2.21. The van der Waals surface area contributed by atoms with E-state index in [-0.39, 0.29) is 0 Å². The lowest BCUT2D eigenvalue weighted by Gasteiger charge is -2.29. The molecule has 18 heavy (non-hydrogen) atoms. The van der Waals surface area contributed by atoms with E-state index in [2.05, 4.69) is 27.2 Å². The second-order valence-corrected chi connectivity index (χ2v) is 5.55. The number of fused-ring (bicyclic) bond motifs is 1. The first-order valence-corrected chi connectivity index (χ1v) is 7.09. The molecule has 2 aliphatic rings. The number of nitrogens with one attached hydrogen (secondary N) is 1. The molecular weight excluding hydrogens is 224 g/mol. The Hall–Kier alpha value is -1.16. The SMILES string of the molecule is CN(CC1CCNCC1)c1ncnc2c1CCC2. The van der Waals surface area contributed by atoms with Crippen molar-refractivity contribution in [3.05, 3.63) is 17.6 Å². The molecule has 1 aliphatic carbocycles. The number of aryl methyl sites for hydroxylation is 1. The van der Waals surface area contributed by atoms with E-state index in [4.69, 9.17) is 0 Å². The van der Waals surface area contributed by atoms with Crippen LogP contribution in [-0.4, -0.2) is 36.6 Å². The molecule has 98 valence electrons. The zero-order chi connectivity index (χ0) is 12.4. The van der Waals surface area contributed by atoms with Crippen molar-refractivity contribution < 1.29 is 0 Å². The van der Waals surface area contributed by atoms with Gasteiger partial charge in [0.1, 0.15) is 12.1 Å². The van der Waals surface area contributed by atoms with Crippen LogP contribution < -0.4 is 10.2 Å². The van der Waals surface area contributed by atoms with E-state index < -0.39 is 0 Å². The second kappa shape index (κ2) is 5.22. The lowest BCUT2D eigenvalue weighted by atomic mass is 9.97. The summed E-state index contributed by atoms with van der Waals surface area (Å²) in [6.07, 6.45) is 7.84. The normalized spacial score (nSPS) is 19.8. The molecule has 3 rings (SSSR count). The van der Waals surface area contributed by atoms with Crippen molar-refractivity contribution in [3.63, 3.8) is 0 Å². The molecule has 0 amide bonds. The van der Waals surface area contributed by atoms with Crippen LogP contribution in [0.2, 0.25) is 0 Å². The minimum Gasteiger partial charge on any atom is -0.359 e. The Morgan fingerprint density at radius 3 is 2.94 bits per heavy atom. The third kappa shape index (κ3) is 2.34. The number of anilines is 1. The summed E-state index contributed by atoms with van der Waals surface area (Å²) in [5.41, 5.74) is 2.67. The first kappa shape index (κ1) is 11.9. The van der Waals surface area contributed by atoms with Gasteiger partial charge in [0.15, 0.2) is 0 Å². The zero-order valence-corrected chi connectivity index (χ0v) is 11.2. The zero-order valence-electron chi connectivity index (χ0n) is 11.2. The molecule has 0 saturated carbocycles. The molecule has 1 N–H and O–H groups in total. The van der Waals surface area contributed by atoms with E-state index in [1.54, 1.807) is 6.33 Å². The molecule has 0 aromatic carbocycles. The van der Waals surface area contributed by atoms with E-state index >= 15 is 0 Å². The summed E-state index contributed by atoms with van der Waals surface area (Å²) >= 11 is 0. The lowest BCUT2D eigenvalue weighted by molar-refractivity contribution is 0.377. The van der Waals surface area contributed by atoms with Crippen LogP contribution in [0.5, 0.6) is 0 Å². The molecule has 0 radical (unpaired) electrons. The largest absolute Gasteiger partial charge is 0.359 e. The van der Waals surface area contributed by atoms with E-state index in [0.29, 0.717) is 0 Å². The number of aromatic nitrogens is 2. The summed E-state index contributed by atoms with van der Waals surface area (Å²) in [4.78, 5) is 11.3. The third-order valence-electron chi connectivity index (χ3n) is 4.20. The maximum Gasteiger partial charge on any atom is 0.135 e. The molecule has 1 aromatic rings. The summed E-state index contributed by atoms with van der Waals surface area (Å²) < 4.78 is 0. The van der Waals surface area contributed by atoms with Gasteiger partial charge in [-0.1, -0.05) is 0 Å². The van der Waals surface area contributed by atoms with Crippen LogP contribution in [-0.2, 0) is 12.8 Å². The van der Waals surface area contributed by atoms with Crippen LogP contribution in [0.15, 0.2) is 6.33 Å². The summed E-state index contributed by atoms with van der Waals surface area (Å²) in [7, 11) is 2.18. The molecule has 0 unspecified atom stereocenters. The predicted octanol–water partition coefficient (Wildman–Crippen LogP) is 1.40. The fourth-order valence-electron chi connectivity index (χ4n) is 3.21. The van der Waals surface area contributed by atoms with Crippen molar-refractivity contribution in [2.45, 2.75) is 32.1 Å². The molecule has 1 saturated heterocycles. The molecule has 4 heteroatoms. The average molecular weight is 246 g/mol. The Kier molecular flexibility index (Phi) is 3.46. The predicted molar refractivity (Wildman–Crippen MR) is 72.9 cm³/mol. The molecule has 0 atom stereocenters. The first-order valence-electron chi connectivity index (χ1n) is 7.09. The van der Waals surface area contributed by atoms with Gasteiger partial charge >= 0.3 is 0 Å². The van der Waals surface area contributed by atoms with Crippen LogP contribution in [0.1, 0.15) is 30.5 Å². The molecule has 1 aromatic heterocycles.